The summed E-state index contributed by atoms with van der Waals surface area (Å²) in [6.45, 7) is 5.26. The largest absolute Gasteiger partial charge is 0.507 e. The fraction of sp³-hybridized carbons (Fsp3) is 0.381. The van der Waals surface area contributed by atoms with Gasteiger partial charge in [0, 0.05) is 18.2 Å². The number of hydrogen-bond donors (Lipinski definition) is 4. The minimum Gasteiger partial charge on any atom is -0.507 e. The van der Waals surface area contributed by atoms with Crippen LogP contribution in [0.15, 0.2) is 48.5 Å². The summed E-state index contributed by atoms with van der Waals surface area (Å²) in [7, 11) is 0. The second kappa shape index (κ2) is 9.43. The minimum atomic E-state index is -1.39. The van der Waals surface area contributed by atoms with Gasteiger partial charge in [0.05, 0.1) is 0 Å². The van der Waals surface area contributed by atoms with E-state index in [-0.39, 0.29) is 17.9 Å². The maximum Gasteiger partial charge on any atom is 0.407 e. The van der Waals surface area contributed by atoms with Crippen LogP contribution in [0.4, 0.5) is 4.79 Å². The number of nitrogens with one attached hydrogen (secondary N) is 1. The summed E-state index contributed by atoms with van der Waals surface area (Å²) in [5.74, 6) is 0.216. The van der Waals surface area contributed by atoms with E-state index >= 15 is 0 Å². The van der Waals surface area contributed by atoms with Gasteiger partial charge in [-0.2, -0.15) is 0 Å². The summed E-state index contributed by atoms with van der Waals surface area (Å²) in [5.41, 5.74) is 0.446. The van der Waals surface area contributed by atoms with E-state index in [1.807, 2.05) is 30.3 Å². The Balaban J connectivity index is 1.91. The van der Waals surface area contributed by atoms with Crippen LogP contribution in [-0.4, -0.2) is 39.7 Å². The second-order valence-corrected chi connectivity index (χ2v) is 7.39. The average Bonchev–Trinajstić information content (AvgIpc) is 2.63. The Morgan fingerprint density at radius 3 is 2.39 bits per heavy atom. The lowest BCUT2D eigenvalue weighted by Gasteiger charge is -2.22. The third kappa shape index (κ3) is 6.75. The van der Waals surface area contributed by atoms with Crippen molar-refractivity contribution in [2.24, 2.45) is 0 Å². The van der Waals surface area contributed by atoms with Crippen molar-refractivity contribution in [2.75, 3.05) is 6.54 Å². The van der Waals surface area contributed by atoms with Crippen LogP contribution in [0.3, 0.4) is 0 Å². The lowest BCUT2D eigenvalue weighted by molar-refractivity contribution is 0.0119. The smallest absolute Gasteiger partial charge is 0.407 e. The van der Waals surface area contributed by atoms with Crippen molar-refractivity contribution >= 4 is 6.09 Å². The average molecular weight is 389 g/mol. The third-order valence-corrected chi connectivity index (χ3v) is 3.79. The van der Waals surface area contributed by atoms with Crippen molar-refractivity contribution < 1.29 is 29.6 Å². The van der Waals surface area contributed by atoms with Gasteiger partial charge in [-0.15, -0.1) is 0 Å². The van der Waals surface area contributed by atoms with E-state index in [4.69, 9.17) is 9.47 Å². The number of phenols is 1. The summed E-state index contributed by atoms with van der Waals surface area (Å²) in [6.07, 6.45) is -3.42. The number of amides is 1. The highest BCUT2D eigenvalue weighted by molar-refractivity contribution is 5.67. The molecule has 2 unspecified atom stereocenters. The zero-order chi connectivity index (χ0) is 20.7. The molecular weight excluding hydrogens is 362 g/mol. The first-order valence-electron chi connectivity index (χ1n) is 8.98. The van der Waals surface area contributed by atoms with Gasteiger partial charge in [-0.25, -0.2) is 4.79 Å². The Hall–Kier alpha value is -2.77. The van der Waals surface area contributed by atoms with Crippen LogP contribution in [0.2, 0.25) is 0 Å². The van der Waals surface area contributed by atoms with Crippen molar-refractivity contribution in [3.8, 4) is 11.5 Å². The van der Waals surface area contributed by atoms with Crippen LogP contribution in [0.1, 0.15) is 38.0 Å². The van der Waals surface area contributed by atoms with Gasteiger partial charge in [0.1, 0.15) is 35.9 Å². The topological polar surface area (TPSA) is 108 Å². The summed E-state index contributed by atoms with van der Waals surface area (Å²) in [5, 5.41) is 32.9. The molecule has 7 nitrogen and oxygen atoms in total. The van der Waals surface area contributed by atoms with E-state index in [1.165, 1.54) is 12.1 Å². The van der Waals surface area contributed by atoms with E-state index < -0.39 is 23.9 Å². The number of aromatic hydroxyl groups is 1. The number of benzene rings is 2. The molecule has 0 fully saturated rings. The van der Waals surface area contributed by atoms with Crippen molar-refractivity contribution in [1.82, 2.24) is 5.32 Å². The normalized spacial score (nSPS) is 13.5. The van der Waals surface area contributed by atoms with Crippen LogP contribution in [0, 0.1) is 0 Å². The molecule has 7 heteroatoms. The van der Waals surface area contributed by atoms with E-state index in [1.54, 1.807) is 26.8 Å². The molecule has 2 aromatic carbocycles. The summed E-state index contributed by atoms with van der Waals surface area (Å²) >= 11 is 0. The molecule has 0 radical (unpaired) electrons. The molecular formula is C21H27NO6. The molecule has 0 spiro atoms. The monoisotopic (exact) mass is 389 g/mol. The van der Waals surface area contributed by atoms with E-state index in [0.29, 0.717) is 12.4 Å². The fourth-order valence-corrected chi connectivity index (χ4v) is 2.43. The van der Waals surface area contributed by atoms with Crippen molar-refractivity contribution in [3.63, 3.8) is 0 Å². The number of alkyl carbamates (subject to hydrolysis) is 1. The van der Waals surface area contributed by atoms with Gasteiger partial charge in [-0.05, 0) is 38.5 Å². The Bertz CT molecular complexity index is 772. The number of phenolic OH excluding ortho intramolecular Hbond substituents is 1. The van der Waals surface area contributed by atoms with Crippen LogP contribution >= 0.6 is 0 Å². The zero-order valence-corrected chi connectivity index (χ0v) is 16.3. The van der Waals surface area contributed by atoms with Crippen molar-refractivity contribution in [3.05, 3.63) is 59.7 Å². The minimum absolute atomic E-state index is 0.130. The second-order valence-electron chi connectivity index (χ2n) is 7.39. The van der Waals surface area contributed by atoms with E-state index in [0.717, 1.165) is 5.56 Å². The van der Waals surface area contributed by atoms with Gasteiger partial charge in [-0.3, -0.25) is 0 Å². The Labute approximate surface area is 164 Å². The number of rotatable bonds is 7. The molecule has 0 saturated carbocycles. The first kappa shape index (κ1) is 21.5. The van der Waals surface area contributed by atoms with E-state index in [9.17, 15) is 20.1 Å². The first-order chi connectivity index (χ1) is 13.2. The lowest BCUT2D eigenvalue weighted by atomic mass is 10.0. The highest BCUT2D eigenvalue weighted by atomic mass is 16.6. The van der Waals surface area contributed by atoms with Gasteiger partial charge >= 0.3 is 6.09 Å². The third-order valence-electron chi connectivity index (χ3n) is 3.79. The molecule has 0 saturated heterocycles. The number of hydrogen-bond acceptors (Lipinski definition) is 6. The van der Waals surface area contributed by atoms with Crippen LogP contribution in [0.5, 0.6) is 11.5 Å². The fourth-order valence-electron chi connectivity index (χ4n) is 2.43. The van der Waals surface area contributed by atoms with Crippen LogP contribution < -0.4 is 10.1 Å². The molecule has 0 heterocycles. The Morgan fingerprint density at radius 2 is 1.79 bits per heavy atom. The number of aliphatic hydroxyl groups is 2. The predicted octanol–water partition coefficient (Wildman–Crippen LogP) is 2.89. The highest BCUT2D eigenvalue weighted by Crippen LogP contribution is 2.30. The Morgan fingerprint density at radius 1 is 1.11 bits per heavy atom. The maximum atomic E-state index is 11.6. The Kier molecular flexibility index (Phi) is 7.25. The summed E-state index contributed by atoms with van der Waals surface area (Å²) < 4.78 is 10.7. The van der Waals surface area contributed by atoms with Gasteiger partial charge in [0.15, 0.2) is 0 Å². The summed E-state index contributed by atoms with van der Waals surface area (Å²) in [4.78, 5) is 11.6. The predicted molar refractivity (Wildman–Crippen MR) is 104 cm³/mol. The molecule has 152 valence electrons. The highest BCUT2D eigenvalue weighted by Gasteiger charge is 2.23. The van der Waals surface area contributed by atoms with Crippen LogP contribution in [-0.2, 0) is 11.3 Å². The quantitative estimate of drug-likeness (QED) is 0.580. The molecule has 2 rings (SSSR count). The van der Waals surface area contributed by atoms with E-state index in [2.05, 4.69) is 5.32 Å². The molecule has 1 amide bonds. The van der Waals surface area contributed by atoms with Gasteiger partial charge < -0.3 is 30.1 Å². The zero-order valence-electron chi connectivity index (χ0n) is 16.3. The molecule has 2 atom stereocenters. The molecule has 0 aromatic heterocycles. The SMILES string of the molecule is CC(C)(C)OC(=O)NCC(O)C(O)c1ccc(OCc2ccccc2)cc1O. The number of carbonyl (C=O) groups is 1. The molecule has 28 heavy (non-hydrogen) atoms. The number of carbonyl (C=O) groups excluding carboxylic acids is 1. The summed E-state index contributed by atoms with van der Waals surface area (Å²) in [6, 6.07) is 14.0. The number of aliphatic hydroxyl groups excluding tert-OH is 2. The lowest BCUT2D eigenvalue weighted by Crippen LogP contribution is -2.38. The van der Waals surface area contributed by atoms with Crippen molar-refractivity contribution in [1.29, 1.82) is 0 Å². The molecule has 0 aliphatic rings. The molecule has 0 bridgehead atoms. The standard InChI is InChI=1S/C21H27NO6/c1-21(2,3)28-20(26)22-12-18(24)19(25)16-10-9-15(11-17(16)23)27-13-14-7-5-4-6-8-14/h4-11,18-19,23-25H,12-13H2,1-3H3,(H,22,26). The van der Waals surface area contributed by atoms with Gasteiger partial charge in [0.2, 0.25) is 0 Å². The maximum absolute atomic E-state index is 11.6. The molecule has 0 aliphatic heterocycles. The van der Waals surface area contributed by atoms with Gasteiger partial charge in [0.25, 0.3) is 0 Å². The van der Waals surface area contributed by atoms with Crippen LogP contribution in [0.25, 0.3) is 0 Å². The molecule has 0 aliphatic carbocycles. The van der Waals surface area contributed by atoms with Crippen molar-refractivity contribution in [2.45, 2.75) is 45.2 Å². The molecule has 4 N–H and O–H groups in total. The number of ether oxygens (including phenoxy) is 2. The first-order valence-corrected chi connectivity index (χ1v) is 8.98. The van der Waals surface area contributed by atoms with Gasteiger partial charge in [-0.1, -0.05) is 30.3 Å². The molecule has 2 aromatic rings.